The summed E-state index contributed by atoms with van der Waals surface area (Å²) >= 11 is 0. The van der Waals surface area contributed by atoms with Gasteiger partial charge in [-0.15, -0.1) is 0 Å². The van der Waals surface area contributed by atoms with E-state index in [1.165, 1.54) is 148 Å². The number of unbranched alkanes of at least 4 members (excludes halogenated alkanes) is 30. The quantitative estimate of drug-likeness (QED) is 0.0262. The average Bonchev–Trinajstić information content (AvgIpc) is 3.32. The van der Waals surface area contributed by atoms with Gasteiger partial charge >= 0.3 is 17.9 Å². The van der Waals surface area contributed by atoms with Crippen LogP contribution in [0.25, 0.3) is 0 Å². The van der Waals surface area contributed by atoms with Crippen molar-refractivity contribution in [3.8, 4) is 0 Å². The molecule has 66 heavy (non-hydrogen) atoms. The van der Waals surface area contributed by atoms with Crippen molar-refractivity contribution in [3.63, 3.8) is 0 Å². The third-order valence-electron chi connectivity index (χ3n) is 13.0. The molecular formula is C60H108O6. The predicted molar refractivity (Wildman–Crippen MR) is 284 cm³/mol. The first-order chi connectivity index (χ1) is 32.4. The fourth-order valence-electron chi connectivity index (χ4n) is 8.11. The summed E-state index contributed by atoms with van der Waals surface area (Å²) in [6.45, 7) is 8.98. The van der Waals surface area contributed by atoms with Crippen LogP contribution < -0.4 is 0 Å². The van der Waals surface area contributed by atoms with E-state index in [-0.39, 0.29) is 37.7 Å². The van der Waals surface area contributed by atoms with E-state index >= 15 is 0 Å². The zero-order chi connectivity index (χ0) is 48.1. The Bertz CT molecular complexity index is 1130. The van der Waals surface area contributed by atoms with Gasteiger partial charge in [-0.1, -0.05) is 211 Å². The topological polar surface area (TPSA) is 78.9 Å². The maximum Gasteiger partial charge on any atom is 0.305 e. The van der Waals surface area contributed by atoms with Crippen molar-refractivity contribution in [3.05, 3.63) is 48.6 Å². The molecule has 0 atom stereocenters. The molecule has 0 saturated carbocycles. The average molecular weight is 926 g/mol. The normalized spacial score (nSPS) is 12.1. The van der Waals surface area contributed by atoms with Crippen LogP contribution in [0.4, 0.5) is 0 Å². The molecule has 0 aliphatic rings. The van der Waals surface area contributed by atoms with Gasteiger partial charge in [0.2, 0.25) is 0 Å². The van der Waals surface area contributed by atoms with Crippen LogP contribution in [-0.2, 0) is 28.6 Å². The first-order valence-corrected chi connectivity index (χ1v) is 28.5. The maximum absolute atomic E-state index is 12.9. The van der Waals surface area contributed by atoms with Gasteiger partial charge in [0.15, 0.2) is 0 Å². The zero-order valence-corrected chi connectivity index (χ0v) is 44.2. The second kappa shape index (κ2) is 51.8. The fraction of sp³-hybridized carbons (Fsp3) is 0.817. The lowest BCUT2D eigenvalue weighted by Crippen LogP contribution is -2.39. The van der Waals surface area contributed by atoms with E-state index in [9.17, 15) is 14.4 Å². The Morgan fingerprint density at radius 1 is 0.303 bits per heavy atom. The lowest BCUT2D eigenvalue weighted by Gasteiger charge is -2.31. The highest BCUT2D eigenvalue weighted by molar-refractivity contribution is 5.70. The molecule has 0 radical (unpaired) electrons. The number of carbonyl (C=O) groups excluding carboxylic acids is 3. The van der Waals surface area contributed by atoms with E-state index in [4.69, 9.17) is 14.2 Å². The van der Waals surface area contributed by atoms with Crippen molar-refractivity contribution < 1.29 is 28.6 Å². The van der Waals surface area contributed by atoms with Gasteiger partial charge in [-0.2, -0.15) is 0 Å². The molecule has 6 nitrogen and oxygen atoms in total. The second-order valence-electron chi connectivity index (χ2n) is 19.5. The van der Waals surface area contributed by atoms with Crippen molar-refractivity contribution >= 4 is 17.9 Å². The Labute approximate surface area is 409 Å². The van der Waals surface area contributed by atoms with Crippen molar-refractivity contribution in [2.24, 2.45) is 5.41 Å². The van der Waals surface area contributed by atoms with Crippen LogP contribution in [0.2, 0.25) is 0 Å². The molecule has 0 aromatic carbocycles. The maximum atomic E-state index is 12.9. The van der Waals surface area contributed by atoms with Gasteiger partial charge in [0.1, 0.15) is 19.8 Å². The summed E-state index contributed by atoms with van der Waals surface area (Å²) in [5, 5.41) is 0. The molecule has 0 spiro atoms. The number of rotatable bonds is 51. The first kappa shape index (κ1) is 63.4. The summed E-state index contributed by atoms with van der Waals surface area (Å²) in [5.41, 5.74) is -0.759. The largest absolute Gasteiger partial charge is 0.465 e. The smallest absolute Gasteiger partial charge is 0.305 e. The fourth-order valence-corrected chi connectivity index (χ4v) is 8.11. The molecule has 384 valence electrons. The molecule has 0 aliphatic heterocycles. The Morgan fingerprint density at radius 3 is 0.818 bits per heavy atom. The van der Waals surface area contributed by atoms with Gasteiger partial charge in [0, 0.05) is 19.3 Å². The number of ether oxygens (including phenoxy) is 3. The van der Waals surface area contributed by atoms with E-state index in [1.807, 2.05) is 6.92 Å². The standard InChI is InChI=1S/C60H108O6/c1-5-9-12-15-18-21-24-27-30-33-36-39-42-45-48-51-57(61)64-54-60(8-4,55-65-58(62)52-49-46-43-40-37-34-31-28-25-22-19-16-13-10-6-2)56-66-59(63)53-50-47-44-41-38-35-32-29-26-23-20-17-14-11-7-3/h18,21,27-32H,5-17,19-20,22-26,33-56H2,1-4H3/b21-18+,30-27+,31-28+,32-29+. The van der Waals surface area contributed by atoms with Gasteiger partial charge in [-0.05, 0) is 109 Å². The molecule has 0 aromatic heterocycles. The predicted octanol–water partition coefficient (Wildman–Crippen LogP) is 18.9. The van der Waals surface area contributed by atoms with Crippen LogP contribution in [-0.4, -0.2) is 37.7 Å². The molecular weight excluding hydrogens is 817 g/mol. The number of hydrogen-bond donors (Lipinski definition) is 0. The molecule has 0 aliphatic carbocycles. The highest BCUT2D eigenvalue weighted by atomic mass is 16.6. The van der Waals surface area contributed by atoms with Crippen molar-refractivity contribution in [1.29, 1.82) is 0 Å². The molecule has 0 saturated heterocycles. The highest BCUT2D eigenvalue weighted by Gasteiger charge is 2.34. The van der Waals surface area contributed by atoms with Crippen LogP contribution in [0, 0.1) is 5.41 Å². The first-order valence-electron chi connectivity index (χ1n) is 28.5. The third-order valence-corrected chi connectivity index (χ3v) is 13.0. The number of hydrogen-bond acceptors (Lipinski definition) is 6. The number of esters is 3. The monoisotopic (exact) mass is 925 g/mol. The minimum Gasteiger partial charge on any atom is -0.465 e. The van der Waals surface area contributed by atoms with Gasteiger partial charge in [0.25, 0.3) is 0 Å². The molecule has 0 bridgehead atoms. The van der Waals surface area contributed by atoms with Gasteiger partial charge < -0.3 is 14.2 Å². The summed E-state index contributed by atoms with van der Waals surface area (Å²) < 4.78 is 17.5. The SMILES string of the molecule is CCCCC/C=C/C/C=C/CCCCCCCC(=O)OCC(CC)(COC(=O)CCCCCCC/C=C/CCCCCCCC)COC(=O)CCCCCCC/C=C/CCCCCCCC. The number of allylic oxidation sites excluding steroid dienone is 8. The minimum absolute atomic E-state index is 0.0734. The number of carbonyl (C=O) groups is 3. The van der Waals surface area contributed by atoms with Gasteiger partial charge in [-0.25, -0.2) is 0 Å². The van der Waals surface area contributed by atoms with Gasteiger partial charge in [-0.3, -0.25) is 14.4 Å². The van der Waals surface area contributed by atoms with E-state index < -0.39 is 5.41 Å². The summed E-state index contributed by atoms with van der Waals surface area (Å²) in [6, 6.07) is 0. The Hall–Kier alpha value is -2.63. The van der Waals surface area contributed by atoms with E-state index in [1.54, 1.807) is 0 Å². The third kappa shape index (κ3) is 46.5. The minimum atomic E-state index is -0.759. The summed E-state index contributed by atoms with van der Waals surface area (Å²) in [7, 11) is 0. The van der Waals surface area contributed by atoms with Crippen LogP contribution in [0.3, 0.4) is 0 Å². The highest BCUT2D eigenvalue weighted by Crippen LogP contribution is 2.26. The summed E-state index contributed by atoms with van der Waals surface area (Å²) in [6.07, 6.45) is 64.1. The molecule has 0 fully saturated rings. The molecule has 6 heteroatoms. The Kier molecular flexibility index (Phi) is 49.7. The summed E-state index contributed by atoms with van der Waals surface area (Å²) in [4.78, 5) is 38.7. The molecule has 0 rings (SSSR count). The van der Waals surface area contributed by atoms with Crippen LogP contribution in [0.5, 0.6) is 0 Å². The van der Waals surface area contributed by atoms with Gasteiger partial charge in [0.05, 0.1) is 5.41 Å². The van der Waals surface area contributed by atoms with E-state index in [0.29, 0.717) is 25.7 Å². The summed E-state index contributed by atoms with van der Waals surface area (Å²) in [5.74, 6) is -0.708. The van der Waals surface area contributed by atoms with Crippen molar-refractivity contribution in [1.82, 2.24) is 0 Å². The Morgan fingerprint density at radius 2 is 0.530 bits per heavy atom. The molecule has 0 N–H and O–H groups in total. The second-order valence-corrected chi connectivity index (χ2v) is 19.5. The molecule has 0 amide bonds. The van der Waals surface area contributed by atoms with Crippen LogP contribution in [0.1, 0.15) is 291 Å². The Balaban J connectivity index is 4.64. The van der Waals surface area contributed by atoms with Crippen LogP contribution >= 0.6 is 0 Å². The molecule has 0 aromatic rings. The molecule has 0 unspecified atom stereocenters. The van der Waals surface area contributed by atoms with E-state index in [0.717, 1.165) is 89.9 Å². The van der Waals surface area contributed by atoms with E-state index in [2.05, 4.69) is 69.4 Å². The lowest BCUT2D eigenvalue weighted by molar-refractivity contribution is -0.162. The van der Waals surface area contributed by atoms with Crippen LogP contribution in [0.15, 0.2) is 48.6 Å². The lowest BCUT2D eigenvalue weighted by atomic mass is 9.88. The zero-order valence-electron chi connectivity index (χ0n) is 44.2. The van der Waals surface area contributed by atoms with Crippen molar-refractivity contribution in [2.75, 3.05) is 19.8 Å². The molecule has 0 heterocycles. The van der Waals surface area contributed by atoms with Crippen molar-refractivity contribution in [2.45, 2.75) is 291 Å².